The van der Waals surface area contributed by atoms with Crippen molar-refractivity contribution in [2.24, 2.45) is 0 Å². The second-order valence-corrected chi connectivity index (χ2v) is 3.71. The fraction of sp³-hybridized carbons (Fsp3) is 0.778. The lowest BCUT2D eigenvalue weighted by Gasteiger charge is -2.23. The summed E-state index contributed by atoms with van der Waals surface area (Å²) in [5.74, 6) is -0.135. The highest BCUT2D eigenvalue weighted by Crippen LogP contribution is 2.18. The maximum atomic E-state index is 11.4. The third-order valence-corrected chi connectivity index (χ3v) is 2.45. The molecule has 4 heteroatoms. The Bertz CT molecular complexity index is 218. The van der Waals surface area contributed by atoms with Gasteiger partial charge in [0.05, 0.1) is 11.6 Å². The molecule has 0 aromatic heterocycles. The number of nitrogens with zero attached hydrogens (tertiary/aromatic N) is 1. The highest BCUT2D eigenvalue weighted by molar-refractivity contribution is 7.80. The van der Waals surface area contributed by atoms with Gasteiger partial charge in [0.1, 0.15) is 6.04 Å². The van der Waals surface area contributed by atoms with Crippen LogP contribution in [0.2, 0.25) is 0 Å². The number of carbonyl (C=O) groups excluding carboxylic acids is 1. The Morgan fingerprint density at radius 3 is 2.92 bits per heavy atom. The molecular formula is C9H15NO2S. The third-order valence-electron chi connectivity index (χ3n) is 2.22. The largest absolute Gasteiger partial charge is 0.464 e. The van der Waals surface area contributed by atoms with Crippen LogP contribution in [0.15, 0.2) is 0 Å². The number of hydrogen-bond acceptors (Lipinski definition) is 3. The van der Waals surface area contributed by atoms with E-state index in [4.69, 9.17) is 17.0 Å². The Balaban J connectivity index is 2.57. The molecule has 0 radical (unpaired) electrons. The van der Waals surface area contributed by atoms with Gasteiger partial charge in [-0.1, -0.05) is 12.2 Å². The summed E-state index contributed by atoms with van der Waals surface area (Å²) in [5, 5.41) is 0. The monoisotopic (exact) mass is 201 g/mol. The Labute approximate surface area is 84.0 Å². The maximum Gasteiger partial charge on any atom is 0.328 e. The lowest BCUT2D eigenvalue weighted by molar-refractivity contribution is -0.147. The molecule has 3 nitrogen and oxygen atoms in total. The lowest BCUT2D eigenvalue weighted by Crippen LogP contribution is -2.39. The average molecular weight is 201 g/mol. The van der Waals surface area contributed by atoms with E-state index in [-0.39, 0.29) is 12.0 Å². The third kappa shape index (κ3) is 2.40. The number of likely N-dealkylation sites (tertiary alicyclic amines) is 1. The van der Waals surface area contributed by atoms with Gasteiger partial charge in [-0.25, -0.2) is 4.79 Å². The number of carbonyl (C=O) groups is 1. The molecule has 0 saturated carbocycles. The molecule has 0 N–H and O–H groups in total. The normalized spacial score (nSPS) is 21.7. The molecule has 1 rings (SSSR count). The van der Waals surface area contributed by atoms with Gasteiger partial charge in [0.2, 0.25) is 0 Å². The van der Waals surface area contributed by atoms with E-state index in [1.165, 1.54) is 0 Å². The van der Waals surface area contributed by atoms with E-state index >= 15 is 0 Å². The van der Waals surface area contributed by atoms with Crippen LogP contribution in [-0.4, -0.2) is 35.1 Å². The van der Waals surface area contributed by atoms with Crippen LogP contribution in [0.4, 0.5) is 0 Å². The van der Waals surface area contributed by atoms with Gasteiger partial charge in [0.15, 0.2) is 0 Å². The van der Waals surface area contributed by atoms with Crippen LogP contribution in [0.25, 0.3) is 0 Å². The second-order valence-electron chi connectivity index (χ2n) is 3.12. The predicted molar refractivity (Wildman–Crippen MR) is 54.6 cm³/mol. The van der Waals surface area contributed by atoms with Crippen molar-refractivity contribution in [3.8, 4) is 0 Å². The van der Waals surface area contributed by atoms with Crippen molar-refractivity contribution < 1.29 is 9.53 Å². The van der Waals surface area contributed by atoms with E-state index in [1.54, 1.807) is 0 Å². The topological polar surface area (TPSA) is 29.5 Å². The number of esters is 1. The van der Waals surface area contributed by atoms with Gasteiger partial charge in [0, 0.05) is 6.54 Å². The average Bonchev–Trinajstić information content (AvgIpc) is 2.52. The molecule has 0 aromatic rings. The summed E-state index contributed by atoms with van der Waals surface area (Å²) in [6.07, 6.45) is 1.89. The van der Waals surface area contributed by atoms with Crippen molar-refractivity contribution in [3.05, 3.63) is 0 Å². The lowest BCUT2D eigenvalue weighted by atomic mass is 10.2. The minimum atomic E-state index is -0.135. The van der Waals surface area contributed by atoms with Crippen LogP contribution >= 0.6 is 12.2 Å². The summed E-state index contributed by atoms with van der Waals surface area (Å²) in [5.41, 5.74) is 0. The first-order chi connectivity index (χ1) is 6.16. The van der Waals surface area contributed by atoms with Gasteiger partial charge < -0.3 is 9.64 Å². The molecule has 0 amide bonds. The van der Waals surface area contributed by atoms with Crippen LogP contribution in [0.3, 0.4) is 0 Å². The van der Waals surface area contributed by atoms with Gasteiger partial charge >= 0.3 is 5.97 Å². The minimum Gasteiger partial charge on any atom is -0.464 e. The highest BCUT2D eigenvalue weighted by atomic mass is 32.1. The fourth-order valence-electron chi connectivity index (χ4n) is 1.63. The molecule has 0 spiro atoms. The minimum absolute atomic E-state index is 0.127. The molecule has 1 heterocycles. The van der Waals surface area contributed by atoms with E-state index in [0.29, 0.717) is 6.61 Å². The van der Waals surface area contributed by atoms with Gasteiger partial charge in [-0.15, -0.1) is 0 Å². The Kier molecular flexibility index (Phi) is 3.66. The fourth-order valence-corrected chi connectivity index (χ4v) is 1.85. The molecule has 1 unspecified atom stereocenters. The van der Waals surface area contributed by atoms with Gasteiger partial charge in [-0.2, -0.15) is 0 Å². The SMILES string of the molecule is CCOC(=O)C1CCCN1C(C)=S. The molecule has 74 valence electrons. The van der Waals surface area contributed by atoms with Crippen LogP contribution in [0.1, 0.15) is 26.7 Å². The standard InChI is InChI=1S/C9H15NO2S/c1-3-12-9(11)8-5-4-6-10(8)7(2)13/h8H,3-6H2,1-2H3. The van der Waals surface area contributed by atoms with Gasteiger partial charge in [-0.3, -0.25) is 0 Å². The molecule has 1 fully saturated rings. The number of thiocarbonyl (C=S) groups is 1. The quantitative estimate of drug-likeness (QED) is 0.498. The summed E-state index contributed by atoms with van der Waals surface area (Å²) in [6, 6.07) is -0.127. The number of hydrogen-bond donors (Lipinski definition) is 0. The highest BCUT2D eigenvalue weighted by Gasteiger charge is 2.31. The van der Waals surface area contributed by atoms with Crippen LogP contribution in [-0.2, 0) is 9.53 Å². The molecule has 0 aromatic carbocycles. The van der Waals surface area contributed by atoms with E-state index in [2.05, 4.69) is 0 Å². The molecule has 0 aliphatic carbocycles. The van der Waals surface area contributed by atoms with Crippen molar-refractivity contribution in [2.45, 2.75) is 32.7 Å². The molecular weight excluding hydrogens is 186 g/mol. The van der Waals surface area contributed by atoms with Gasteiger partial charge in [-0.05, 0) is 26.7 Å². The summed E-state index contributed by atoms with van der Waals surface area (Å²) in [6.45, 7) is 5.01. The van der Waals surface area contributed by atoms with E-state index in [1.807, 2.05) is 18.7 Å². The Hall–Kier alpha value is -0.640. The number of ether oxygens (including phenoxy) is 1. The van der Waals surface area contributed by atoms with E-state index in [9.17, 15) is 4.79 Å². The second kappa shape index (κ2) is 4.56. The summed E-state index contributed by atoms with van der Waals surface area (Å²) in [4.78, 5) is 14.2. The maximum absolute atomic E-state index is 11.4. The van der Waals surface area contributed by atoms with Crippen molar-refractivity contribution in [3.63, 3.8) is 0 Å². The van der Waals surface area contributed by atoms with Crippen molar-refractivity contribution in [2.75, 3.05) is 13.2 Å². The first-order valence-electron chi connectivity index (χ1n) is 4.60. The van der Waals surface area contributed by atoms with Gasteiger partial charge in [0.25, 0.3) is 0 Å². The zero-order valence-corrected chi connectivity index (χ0v) is 8.89. The Morgan fingerprint density at radius 2 is 2.38 bits per heavy atom. The zero-order valence-electron chi connectivity index (χ0n) is 8.08. The van der Waals surface area contributed by atoms with E-state index in [0.717, 1.165) is 24.4 Å². The predicted octanol–water partition coefficient (Wildman–Crippen LogP) is 1.36. The first-order valence-corrected chi connectivity index (χ1v) is 5.01. The zero-order chi connectivity index (χ0) is 9.84. The van der Waals surface area contributed by atoms with Crippen LogP contribution < -0.4 is 0 Å². The first kappa shape index (κ1) is 10.4. The summed E-state index contributed by atoms with van der Waals surface area (Å²) in [7, 11) is 0. The summed E-state index contributed by atoms with van der Waals surface area (Å²) < 4.78 is 4.97. The molecule has 0 bridgehead atoms. The number of rotatable bonds is 2. The van der Waals surface area contributed by atoms with Crippen molar-refractivity contribution in [1.29, 1.82) is 0 Å². The Morgan fingerprint density at radius 1 is 1.69 bits per heavy atom. The molecule has 1 saturated heterocycles. The van der Waals surface area contributed by atoms with Crippen LogP contribution in [0, 0.1) is 0 Å². The van der Waals surface area contributed by atoms with Crippen LogP contribution in [0.5, 0.6) is 0 Å². The van der Waals surface area contributed by atoms with Crippen molar-refractivity contribution >= 4 is 23.2 Å². The molecule has 1 atom stereocenters. The van der Waals surface area contributed by atoms with Crippen molar-refractivity contribution in [1.82, 2.24) is 4.90 Å². The molecule has 13 heavy (non-hydrogen) atoms. The smallest absolute Gasteiger partial charge is 0.328 e. The molecule has 1 aliphatic rings. The molecule has 1 aliphatic heterocycles. The van der Waals surface area contributed by atoms with E-state index < -0.39 is 0 Å². The summed E-state index contributed by atoms with van der Waals surface area (Å²) >= 11 is 5.05.